The highest BCUT2D eigenvalue weighted by molar-refractivity contribution is 5.92. The third kappa shape index (κ3) is 5.43. The van der Waals surface area contributed by atoms with Crippen LogP contribution in [0.5, 0.6) is 0 Å². The van der Waals surface area contributed by atoms with Crippen molar-refractivity contribution in [1.29, 1.82) is 0 Å². The number of fused-ring (bicyclic) bond motifs is 2. The van der Waals surface area contributed by atoms with E-state index in [4.69, 9.17) is 0 Å². The van der Waals surface area contributed by atoms with Crippen LogP contribution in [0.15, 0.2) is 164 Å². The zero-order valence-electron chi connectivity index (χ0n) is 25.3. The predicted molar refractivity (Wildman–Crippen MR) is 190 cm³/mol. The van der Waals surface area contributed by atoms with Gasteiger partial charge in [0.05, 0.1) is 0 Å². The van der Waals surface area contributed by atoms with Crippen molar-refractivity contribution in [3.63, 3.8) is 0 Å². The standard InChI is InChI=1S/C42H36N2/c1-3-31(2)32-17-21-38(22-18-32)43(37-15-5-4-6-16-37)39-25-27-40(28-26-39)44(41-23-19-33-11-7-9-13-35(33)29-41)42-24-20-34-12-8-10-14-36(34)30-42/h4-31H,3H2,1-2H3. The molecule has 2 nitrogen and oxygen atoms in total. The van der Waals surface area contributed by atoms with E-state index in [9.17, 15) is 0 Å². The van der Waals surface area contributed by atoms with Gasteiger partial charge in [0.1, 0.15) is 0 Å². The summed E-state index contributed by atoms with van der Waals surface area (Å²) in [5.41, 5.74) is 8.16. The normalized spacial score (nSPS) is 11.9. The summed E-state index contributed by atoms with van der Waals surface area (Å²) >= 11 is 0. The van der Waals surface area contributed by atoms with Gasteiger partial charge in [-0.05, 0) is 112 Å². The highest BCUT2D eigenvalue weighted by Gasteiger charge is 2.17. The second-order valence-corrected chi connectivity index (χ2v) is 11.5. The number of nitrogens with zero attached hydrogens (tertiary/aromatic N) is 2. The molecule has 214 valence electrons. The number of para-hydroxylation sites is 1. The lowest BCUT2D eigenvalue weighted by Crippen LogP contribution is -2.12. The summed E-state index contributed by atoms with van der Waals surface area (Å²) in [5.74, 6) is 0.546. The van der Waals surface area contributed by atoms with Crippen LogP contribution in [0, 0.1) is 0 Å². The Morgan fingerprint density at radius 1 is 0.386 bits per heavy atom. The second kappa shape index (κ2) is 12.1. The molecule has 2 heteroatoms. The highest BCUT2D eigenvalue weighted by atomic mass is 15.2. The summed E-state index contributed by atoms with van der Waals surface area (Å²) in [7, 11) is 0. The van der Waals surface area contributed by atoms with E-state index in [1.165, 1.54) is 27.1 Å². The lowest BCUT2D eigenvalue weighted by Gasteiger charge is -2.29. The molecule has 0 fully saturated rings. The van der Waals surface area contributed by atoms with Crippen LogP contribution in [0.2, 0.25) is 0 Å². The maximum Gasteiger partial charge on any atom is 0.0468 e. The molecule has 44 heavy (non-hydrogen) atoms. The van der Waals surface area contributed by atoms with Gasteiger partial charge in [-0.15, -0.1) is 0 Å². The SMILES string of the molecule is CCC(C)c1ccc(N(c2ccccc2)c2ccc(N(c3ccc4ccccc4c3)c3ccc4ccccc4c3)cc2)cc1. The molecule has 0 aliphatic rings. The monoisotopic (exact) mass is 568 g/mol. The van der Waals surface area contributed by atoms with Crippen LogP contribution in [-0.4, -0.2) is 0 Å². The molecule has 0 radical (unpaired) electrons. The minimum Gasteiger partial charge on any atom is -0.311 e. The molecule has 1 unspecified atom stereocenters. The van der Waals surface area contributed by atoms with Gasteiger partial charge in [-0.1, -0.05) is 105 Å². The largest absolute Gasteiger partial charge is 0.311 e. The summed E-state index contributed by atoms with van der Waals surface area (Å²) in [4.78, 5) is 4.69. The van der Waals surface area contributed by atoms with Gasteiger partial charge in [-0.25, -0.2) is 0 Å². The molecule has 0 bridgehead atoms. The quantitative estimate of drug-likeness (QED) is 0.180. The minimum absolute atomic E-state index is 0.546. The third-order valence-electron chi connectivity index (χ3n) is 8.70. The topological polar surface area (TPSA) is 6.48 Å². The van der Waals surface area contributed by atoms with E-state index in [0.29, 0.717) is 5.92 Å². The van der Waals surface area contributed by atoms with Gasteiger partial charge in [0, 0.05) is 34.1 Å². The molecule has 7 aromatic rings. The molecule has 0 N–H and O–H groups in total. The highest BCUT2D eigenvalue weighted by Crippen LogP contribution is 2.40. The van der Waals surface area contributed by atoms with Crippen LogP contribution in [0.25, 0.3) is 21.5 Å². The van der Waals surface area contributed by atoms with Crippen LogP contribution in [-0.2, 0) is 0 Å². The molecular weight excluding hydrogens is 532 g/mol. The lowest BCUT2D eigenvalue weighted by molar-refractivity contribution is 0.733. The van der Waals surface area contributed by atoms with Crippen LogP contribution in [0.3, 0.4) is 0 Å². The number of hydrogen-bond donors (Lipinski definition) is 0. The van der Waals surface area contributed by atoms with Crippen molar-refractivity contribution in [2.24, 2.45) is 0 Å². The molecule has 0 spiro atoms. The number of hydrogen-bond acceptors (Lipinski definition) is 2. The smallest absolute Gasteiger partial charge is 0.0468 e. The van der Waals surface area contributed by atoms with Crippen LogP contribution in [0.4, 0.5) is 34.1 Å². The van der Waals surface area contributed by atoms with Crippen molar-refractivity contribution >= 4 is 55.7 Å². The van der Waals surface area contributed by atoms with Crippen molar-refractivity contribution < 1.29 is 0 Å². The van der Waals surface area contributed by atoms with E-state index in [1.54, 1.807) is 0 Å². The lowest BCUT2D eigenvalue weighted by atomic mass is 9.98. The summed E-state index contributed by atoms with van der Waals surface area (Å²) in [6, 6.07) is 59.2. The average molecular weight is 569 g/mol. The van der Waals surface area contributed by atoms with Crippen LogP contribution in [0.1, 0.15) is 31.7 Å². The van der Waals surface area contributed by atoms with Gasteiger partial charge in [0.2, 0.25) is 0 Å². The Kier molecular flexibility index (Phi) is 7.56. The third-order valence-corrected chi connectivity index (χ3v) is 8.70. The van der Waals surface area contributed by atoms with E-state index in [0.717, 1.165) is 40.5 Å². The molecule has 1 atom stereocenters. The van der Waals surface area contributed by atoms with Crippen molar-refractivity contribution in [1.82, 2.24) is 0 Å². The summed E-state index contributed by atoms with van der Waals surface area (Å²) in [6.07, 6.45) is 1.13. The Labute approximate surface area is 260 Å². The molecule has 0 aliphatic carbocycles. The molecule has 0 aromatic heterocycles. The maximum atomic E-state index is 2.36. The zero-order valence-corrected chi connectivity index (χ0v) is 25.3. The Morgan fingerprint density at radius 2 is 0.750 bits per heavy atom. The van der Waals surface area contributed by atoms with Gasteiger partial charge in [-0.3, -0.25) is 0 Å². The average Bonchev–Trinajstić information content (AvgIpc) is 3.09. The van der Waals surface area contributed by atoms with Crippen molar-refractivity contribution in [2.75, 3.05) is 9.80 Å². The van der Waals surface area contributed by atoms with Gasteiger partial charge < -0.3 is 9.80 Å². The fourth-order valence-corrected chi connectivity index (χ4v) is 6.04. The van der Waals surface area contributed by atoms with E-state index in [2.05, 4.69) is 187 Å². The fourth-order valence-electron chi connectivity index (χ4n) is 6.04. The second-order valence-electron chi connectivity index (χ2n) is 11.5. The maximum absolute atomic E-state index is 2.36. The Hall–Kier alpha value is -5.34. The van der Waals surface area contributed by atoms with Gasteiger partial charge in [0.25, 0.3) is 0 Å². The first-order valence-corrected chi connectivity index (χ1v) is 15.5. The minimum atomic E-state index is 0.546. The van der Waals surface area contributed by atoms with Crippen LogP contribution < -0.4 is 9.80 Å². The van der Waals surface area contributed by atoms with E-state index >= 15 is 0 Å². The van der Waals surface area contributed by atoms with Gasteiger partial charge in [0.15, 0.2) is 0 Å². The van der Waals surface area contributed by atoms with E-state index in [-0.39, 0.29) is 0 Å². The van der Waals surface area contributed by atoms with Gasteiger partial charge in [-0.2, -0.15) is 0 Å². The van der Waals surface area contributed by atoms with Crippen molar-refractivity contribution in [3.8, 4) is 0 Å². The number of benzene rings is 7. The predicted octanol–water partition coefficient (Wildman–Crippen LogP) is 12.4. The first kappa shape index (κ1) is 27.5. The van der Waals surface area contributed by atoms with Crippen molar-refractivity contribution in [2.45, 2.75) is 26.2 Å². The van der Waals surface area contributed by atoms with E-state index in [1.807, 2.05) is 0 Å². The molecule has 0 saturated carbocycles. The zero-order chi connectivity index (χ0) is 29.9. The molecule has 0 aliphatic heterocycles. The molecular formula is C42H36N2. The number of anilines is 6. The Balaban J connectivity index is 1.32. The molecule has 0 saturated heterocycles. The Morgan fingerprint density at radius 3 is 1.23 bits per heavy atom. The first-order valence-electron chi connectivity index (χ1n) is 15.5. The molecule has 7 aromatic carbocycles. The van der Waals surface area contributed by atoms with Crippen molar-refractivity contribution in [3.05, 3.63) is 169 Å². The summed E-state index contributed by atoms with van der Waals surface area (Å²) in [5, 5.41) is 4.93. The van der Waals surface area contributed by atoms with Crippen LogP contribution >= 0.6 is 0 Å². The molecule has 0 amide bonds. The molecule has 0 heterocycles. The van der Waals surface area contributed by atoms with E-state index < -0.39 is 0 Å². The molecule has 7 rings (SSSR count). The number of rotatable bonds is 8. The Bertz CT molecular complexity index is 1930. The fraction of sp³-hybridized carbons (Fsp3) is 0.0952. The van der Waals surface area contributed by atoms with Gasteiger partial charge >= 0.3 is 0 Å². The first-order chi connectivity index (χ1) is 21.7. The summed E-state index contributed by atoms with van der Waals surface area (Å²) in [6.45, 7) is 4.54. The summed E-state index contributed by atoms with van der Waals surface area (Å²) < 4.78 is 0.